The Kier molecular flexibility index (Phi) is 36.1. The number of carbonyl (C=O) groups is 2. The van der Waals surface area contributed by atoms with E-state index in [1.807, 2.05) is 0 Å². The van der Waals surface area contributed by atoms with Crippen molar-refractivity contribution >= 4 is 30.4 Å². The molecule has 1 unspecified atom stereocenters. The molecule has 0 aliphatic carbocycles. The number of hydrogen-bond acceptors (Lipinski definition) is 4. The number of halogens is 1. The molecule has 0 rings (SSSR count). The summed E-state index contributed by atoms with van der Waals surface area (Å²) in [5.41, 5.74) is 5.35. The van der Waals surface area contributed by atoms with Gasteiger partial charge in [-0.15, -0.1) is 12.4 Å². The summed E-state index contributed by atoms with van der Waals surface area (Å²) >= 11 is 0. The fourth-order valence-corrected chi connectivity index (χ4v) is 5.39. The maximum absolute atomic E-state index is 12.8. The number of guanidine groups is 1. The van der Waals surface area contributed by atoms with Gasteiger partial charge in [0.05, 0.1) is 6.61 Å². The fourth-order valence-electron chi connectivity index (χ4n) is 5.39. The second-order valence-electron chi connectivity index (χ2n) is 12.4. The lowest BCUT2D eigenvalue weighted by Gasteiger charge is -2.18. The van der Waals surface area contributed by atoms with Crippen LogP contribution in [0.5, 0.6) is 0 Å². The third kappa shape index (κ3) is 33.2. The van der Waals surface area contributed by atoms with Crippen LogP contribution in [-0.2, 0) is 9.53 Å². The summed E-state index contributed by atoms with van der Waals surface area (Å²) in [4.78, 5) is 25.2. The molecule has 0 saturated heterocycles. The van der Waals surface area contributed by atoms with Crippen molar-refractivity contribution in [2.45, 2.75) is 187 Å². The van der Waals surface area contributed by atoms with Gasteiger partial charge < -0.3 is 26.4 Å². The summed E-state index contributed by atoms with van der Waals surface area (Å²) in [7, 11) is 0. The molecule has 0 heterocycles. The van der Waals surface area contributed by atoms with Gasteiger partial charge in [0.15, 0.2) is 5.96 Å². The van der Waals surface area contributed by atoms with Crippen molar-refractivity contribution < 1.29 is 14.3 Å². The van der Waals surface area contributed by atoms with Crippen LogP contribution in [0.2, 0.25) is 0 Å². The van der Waals surface area contributed by atoms with Gasteiger partial charge >= 0.3 is 6.09 Å². The lowest BCUT2D eigenvalue weighted by atomic mass is 10.0. The summed E-state index contributed by atoms with van der Waals surface area (Å²) in [5.74, 6) is -0.269. The highest BCUT2D eigenvalue weighted by Gasteiger charge is 2.20. The molecule has 0 spiro atoms. The van der Waals surface area contributed by atoms with E-state index in [2.05, 4.69) is 29.8 Å². The maximum atomic E-state index is 12.8. The van der Waals surface area contributed by atoms with E-state index in [1.54, 1.807) is 0 Å². The lowest BCUT2D eigenvalue weighted by Crippen LogP contribution is -2.47. The van der Waals surface area contributed by atoms with Crippen LogP contribution in [0.3, 0.4) is 0 Å². The number of carbonyl (C=O) groups excluding carboxylic acids is 2. The number of alkyl carbamates (subject to hydrolysis) is 1. The maximum Gasteiger partial charge on any atom is 0.407 e. The zero-order valence-corrected chi connectivity index (χ0v) is 29.6. The smallest absolute Gasteiger partial charge is 0.407 e. The molecule has 262 valence electrons. The highest BCUT2D eigenvalue weighted by molar-refractivity contribution is 5.85. The summed E-state index contributed by atoms with van der Waals surface area (Å²) in [6.45, 7) is 5.99. The number of hydrogen-bond donors (Lipinski definition) is 5. The van der Waals surface area contributed by atoms with Crippen LogP contribution in [-0.4, -0.2) is 43.7 Å². The van der Waals surface area contributed by atoms with Gasteiger partial charge in [-0.2, -0.15) is 0 Å². The van der Waals surface area contributed by atoms with Crippen molar-refractivity contribution in [3.05, 3.63) is 0 Å². The molecule has 0 fully saturated rings. The first-order valence-electron chi connectivity index (χ1n) is 18.3. The van der Waals surface area contributed by atoms with Crippen LogP contribution in [0, 0.1) is 5.41 Å². The third-order valence-corrected chi connectivity index (χ3v) is 8.15. The molecule has 0 bridgehead atoms. The number of unbranched alkanes of at least 4 members (excludes halogenated alkanes) is 22. The normalized spacial score (nSPS) is 11.4. The molecule has 0 aromatic heterocycles. The Bertz CT molecular complexity index is 654. The fraction of sp³-hybridized carbons (Fsp3) is 0.914. The molecule has 0 radical (unpaired) electrons. The van der Waals surface area contributed by atoms with Gasteiger partial charge in [-0.3, -0.25) is 10.2 Å². The zero-order valence-electron chi connectivity index (χ0n) is 28.8. The number of nitrogens with one attached hydrogen (secondary N) is 4. The summed E-state index contributed by atoms with van der Waals surface area (Å²) in [6, 6.07) is -0.652. The summed E-state index contributed by atoms with van der Waals surface area (Å²) in [6.07, 6.45) is 31.0. The SMILES string of the molecule is CCCCCCCCCCCCCCCCOC(=O)NC(CCCNC(=N)N)C(=O)NCCCCCCCCCCCC.Cl. The molecule has 44 heavy (non-hydrogen) atoms. The van der Waals surface area contributed by atoms with E-state index in [0.29, 0.717) is 32.5 Å². The highest BCUT2D eigenvalue weighted by Crippen LogP contribution is 2.13. The van der Waals surface area contributed by atoms with Crippen LogP contribution < -0.4 is 21.7 Å². The molecule has 0 aliphatic heterocycles. The van der Waals surface area contributed by atoms with Gasteiger partial charge in [0.2, 0.25) is 5.91 Å². The molecule has 0 aromatic rings. The van der Waals surface area contributed by atoms with Gasteiger partial charge in [-0.1, -0.05) is 155 Å². The van der Waals surface area contributed by atoms with E-state index in [4.69, 9.17) is 15.9 Å². The van der Waals surface area contributed by atoms with E-state index in [0.717, 1.165) is 25.7 Å². The van der Waals surface area contributed by atoms with Gasteiger partial charge in [0.25, 0.3) is 0 Å². The number of rotatable bonds is 32. The minimum absolute atomic E-state index is 0. The number of nitrogens with two attached hydrogens (primary N) is 1. The van der Waals surface area contributed by atoms with Crippen LogP contribution in [0.4, 0.5) is 4.79 Å². The summed E-state index contributed by atoms with van der Waals surface area (Å²) < 4.78 is 5.39. The van der Waals surface area contributed by atoms with Crippen molar-refractivity contribution in [3.8, 4) is 0 Å². The van der Waals surface area contributed by atoms with E-state index in [-0.39, 0.29) is 24.3 Å². The molecule has 0 aliphatic rings. The van der Waals surface area contributed by atoms with Crippen molar-refractivity contribution in [1.82, 2.24) is 16.0 Å². The first kappa shape index (κ1) is 44.4. The molecule has 0 aromatic carbocycles. The zero-order chi connectivity index (χ0) is 31.6. The Morgan fingerprint density at radius 3 is 1.41 bits per heavy atom. The molecule has 2 amide bonds. The number of ether oxygens (including phenoxy) is 1. The Balaban J connectivity index is 0. The van der Waals surface area contributed by atoms with Gasteiger partial charge in [0.1, 0.15) is 6.04 Å². The molecule has 0 saturated carbocycles. The average Bonchev–Trinajstić information content (AvgIpc) is 2.99. The van der Waals surface area contributed by atoms with Crippen LogP contribution in [0.1, 0.15) is 181 Å². The second kappa shape index (κ2) is 35.8. The molecular formula is C35H72ClN5O3. The molecule has 6 N–H and O–H groups in total. The second-order valence-corrected chi connectivity index (χ2v) is 12.4. The minimum Gasteiger partial charge on any atom is -0.450 e. The van der Waals surface area contributed by atoms with Crippen LogP contribution in [0.15, 0.2) is 0 Å². The standard InChI is InChI=1S/C35H71N5O3.ClH/c1-3-5-7-9-11-13-15-16-17-18-20-22-24-26-31-43-35(42)40-32(28-27-30-39-34(36)37)33(41)38-29-25-23-21-19-14-12-10-8-6-4-2;/h32H,3-31H2,1-2H3,(H,38,41)(H,40,42)(H4,36,37,39);1H. The van der Waals surface area contributed by atoms with E-state index in [9.17, 15) is 9.59 Å². The van der Waals surface area contributed by atoms with Crippen molar-refractivity contribution in [2.24, 2.45) is 5.73 Å². The minimum atomic E-state index is -0.652. The topological polar surface area (TPSA) is 129 Å². The first-order valence-corrected chi connectivity index (χ1v) is 18.3. The Hall–Kier alpha value is -1.70. The highest BCUT2D eigenvalue weighted by atomic mass is 35.5. The quantitative estimate of drug-likeness (QED) is 0.0283. The predicted octanol–water partition coefficient (Wildman–Crippen LogP) is 9.28. The van der Waals surface area contributed by atoms with Gasteiger partial charge in [-0.05, 0) is 25.7 Å². The average molecular weight is 646 g/mol. The van der Waals surface area contributed by atoms with Crippen LogP contribution >= 0.6 is 12.4 Å². The molecular weight excluding hydrogens is 574 g/mol. The largest absolute Gasteiger partial charge is 0.450 e. The van der Waals surface area contributed by atoms with E-state index in [1.165, 1.54) is 128 Å². The lowest BCUT2D eigenvalue weighted by molar-refractivity contribution is -0.123. The number of amides is 2. The third-order valence-electron chi connectivity index (χ3n) is 8.15. The van der Waals surface area contributed by atoms with Crippen molar-refractivity contribution in [1.29, 1.82) is 5.41 Å². The summed E-state index contributed by atoms with van der Waals surface area (Å²) in [5, 5.41) is 15.8. The van der Waals surface area contributed by atoms with E-state index >= 15 is 0 Å². The Morgan fingerprint density at radius 1 is 0.591 bits per heavy atom. The Labute approximate surface area is 277 Å². The van der Waals surface area contributed by atoms with Crippen LogP contribution in [0.25, 0.3) is 0 Å². The van der Waals surface area contributed by atoms with E-state index < -0.39 is 12.1 Å². The predicted molar refractivity (Wildman–Crippen MR) is 190 cm³/mol. The van der Waals surface area contributed by atoms with Gasteiger partial charge in [0, 0.05) is 13.1 Å². The molecule has 1 atom stereocenters. The van der Waals surface area contributed by atoms with Crippen molar-refractivity contribution in [2.75, 3.05) is 19.7 Å². The van der Waals surface area contributed by atoms with Gasteiger partial charge in [-0.25, -0.2) is 4.79 Å². The monoisotopic (exact) mass is 646 g/mol. The molecule has 9 heteroatoms. The molecule has 8 nitrogen and oxygen atoms in total. The Morgan fingerprint density at radius 2 is 0.977 bits per heavy atom. The van der Waals surface area contributed by atoms with Crippen molar-refractivity contribution in [3.63, 3.8) is 0 Å². The first-order chi connectivity index (χ1) is 21.0.